The zero-order valence-electron chi connectivity index (χ0n) is 20.5. The minimum Gasteiger partial charge on any atom is -0.369 e. The molecule has 0 aliphatic carbocycles. The zero-order valence-corrected chi connectivity index (χ0v) is 21.3. The molecule has 0 atom stereocenters. The molecule has 2 aliphatic rings. The summed E-state index contributed by atoms with van der Waals surface area (Å²) in [6.07, 6.45) is 0. The molecule has 0 spiro atoms. The van der Waals surface area contributed by atoms with Crippen LogP contribution in [0, 0.1) is 5.82 Å². The van der Waals surface area contributed by atoms with E-state index in [0.717, 1.165) is 44.0 Å². The van der Waals surface area contributed by atoms with Gasteiger partial charge in [0.25, 0.3) is 5.91 Å². The summed E-state index contributed by atoms with van der Waals surface area (Å²) >= 11 is 0. The molecule has 0 saturated carbocycles. The van der Waals surface area contributed by atoms with Crippen molar-refractivity contribution in [3.05, 3.63) is 71.2 Å². The smallest absolute Gasteiger partial charge is 0.256 e. The molecular weight excluding hydrogens is 483 g/mol. The number of hydrogen-bond acceptors (Lipinski definition) is 6. The van der Waals surface area contributed by atoms with Crippen molar-refractivity contribution in [1.82, 2.24) is 19.4 Å². The molecule has 11 heteroatoms. The molecule has 3 aromatic rings. The zero-order chi connectivity index (χ0) is 25.7. The number of likely N-dealkylation sites (N-methyl/N-ethyl adjacent to an activating group) is 1. The normalized spacial score (nSPS) is 18.3. The summed E-state index contributed by atoms with van der Waals surface area (Å²) in [7, 11) is -1.81. The Balaban J connectivity index is 1.33. The van der Waals surface area contributed by atoms with Crippen LogP contribution in [0.15, 0.2) is 53.4 Å². The number of fused-ring (bicyclic) bond motifs is 1. The van der Waals surface area contributed by atoms with Crippen LogP contribution in [0.5, 0.6) is 0 Å². The van der Waals surface area contributed by atoms with Gasteiger partial charge in [-0.2, -0.15) is 9.40 Å². The van der Waals surface area contributed by atoms with E-state index < -0.39 is 21.4 Å². The number of aromatic amines is 1. The number of benzene rings is 2. The number of carbonyl (C=O) groups excluding carboxylic acids is 1. The largest absolute Gasteiger partial charge is 0.369 e. The van der Waals surface area contributed by atoms with E-state index in [4.69, 9.17) is 0 Å². The summed E-state index contributed by atoms with van der Waals surface area (Å²) in [4.78, 5) is 17.6. The standard InChI is InChI=1S/C25H29FN6O3S/c1-25(2)22-21(16-32(25)36(34,35)20-10-6-18(26)7-11-20)23(29-28-22)27-24(33)17-4-8-19(9-5-17)31-14-12-30(3)13-15-31/h4-11H,12-16H2,1-3H3,(H2,27,28,29,33). The lowest BCUT2D eigenvalue weighted by atomic mass is 10.0. The fourth-order valence-electron chi connectivity index (χ4n) is 4.78. The van der Waals surface area contributed by atoms with Gasteiger partial charge in [0, 0.05) is 49.5 Å². The monoisotopic (exact) mass is 512 g/mol. The number of rotatable bonds is 5. The minimum atomic E-state index is -3.92. The highest BCUT2D eigenvalue weighted by Gasteiger charge is 2.47. The molecule has 9 nitrogen and oxygen atoms in total. The van der Waals surface area contributed by atoms with Gasteiger partial charge in [0.1, 0.15) is 5.82 Å². The maximum Gasteiger partial charge on any atom is 0.256 e. The van der Waals surface area contributed by atoms with Crippen molar-refractivity contribution in [3.63, 3.8) is 0 Å². The number of amides is 1. The predicted molar refractivity (Wildman–Crippen MR) is 135 cm³/mol. The molecule has 3 heterocycles. The minimum absolute atomic E-state index is 0.00103. The van der Waals surface area contributed by atoms with Gasteiger partial charge in [-0.1, -0.05) is 0 Å². The van der Waals surface area contributed by atoms with Crippen molar-refractivity contribution in [2.75, 3.05) is 43.4 Å². The Kier molecular flexibility index (Phi) is 6.09. The molecule has 1 fully saturated rings. The van der Waals surface area contributed by atoms with E-state index >= 15 is 0 Å². The molecule has 190 valence electrons. The maximum atomic E-state index is 13.3. The number of anilines is 2. The number of piperazine rings is 1. The molecular formula is C25H29FN6O3S. The van der Waals surface area contributed by atoms with Crippen molar-refractivity contribution < 1.29 is 17.6 Å². The molecule has 2 aromatic carbocycles. The number of H-pyrrole nitrogens is 1. The first-order valence-electron chi connectivity index (χ1n) is 11.8. The van der Waals surface area contributed by atoms with E-state index in [9.17, 15) is 17.6 Å². The van der Waals surface area contributed by atoms with Gasteiger partial charge in [-0.3, -0.25) is 9.89 Å². The number of sulfonamides is 1. The molecule has 5 rings (SSSR count). The molecule has 0 unspecified atom stereocenters. The van der Waals surface area contributed by atoms with Crippen LogP contribution in [-0.4, -0.2) is 67.0 Å². The molecule has 1 saturated heterocycles. The lowest BCUT2D eigenvalue weighted by Crippen LogP contribution is -2.44. The molecule has 1 amide bonds. The number of hydrogen-bond donors (Lipinski definition) is 2. The van der Waals surface area contributed by atoms with Crippen molar-refractivity contribution in [2.45, 2.75) is 30.8 Å². The molecule has 2 aliphatic heterocycles. The first kappa shape index (κ1) is 24.4. The maximum absolute atomic E-state index is 13.3. The van der Waals surface area contributed by atoms with Gasteiger partial charge in [-0.25, -0.2) is 12.8 Å². The van der Waals surface area contributed by atoms with Crippen molar-refractivity contribution in [2.24, 2.45) is 0 Å². The Bertz CT molecular complexity index is 1380. The van der Waals surface area contributed by atoms with Crippen molar-refractivity contribution in [3.8, 4) is 0 Å². The third-order valence-corrected chi connectivity index (χ3v) is 9.07. The van der Waals surface area contributed by atoms with E-state index in [1.165, 1.54) is 16.4 Å². The highest BCUT2D eigenvalue weighted by atomic mass is 32.2. The van der Waals surface area contributed by atoms with Crippen LogP contribution >= 0.6 is 0 Å². The Morgan fingerprint density at radius 3 is 2.31 bits per heavy atom. The van der Waals surface area contributed by atoms with Crippen LogP contribution in [-0.2, 0) is 22.1 Å². The number of halogens is 1. The van der Waals surface area contributed by atoms with Gasteiger partial charge in [-0.15, -0.1) is 0 Å². The summed E-state index contributed by atoms with van der Waals surface area (Å²) in [6, 6.07) is 12.2. The average Bonchev–Trinajstić information content (AvgIpc) is 3.38. The molecule has 36 heavy (non-hydrogen) atoms. The van der Waals surface area contributed by atoms with E-state index in [1.807, 2.05) is 12.1 Å². The Morgan fingerprint density at radius 1 is 1.03 bits per heavy atom. The number of nitrogens with one attached hydrogen (secondary N) is 2. The Morgan fingerprint density at radius 2 is 1.67 bits per heavy atom. The summed E-state index contributed by atoms with van der Waals surface area (Å²) < 4.78 is 41.4. The van der Waals surface area contributed by atoms with E-state index in [2.05, 4.69) is 32.4 Å². The topological polar surface area (TPSA) is 102 Å². The third-order valence-electron chi connectivity index (χ3n) is 7.04. The quantitative estimate of drug-likeness (QED) is 0.545. The van der Waals surface area contributed by atoms with Gasteiger partial charge in [-0.05, 0) is 69.4 Å². The van der Waals surface area contributed by atoms with E-state index in [-0.39, 0.29) is 17.3 Å². The van der Waals surface area contributed by atoms with Crippen LogP contribution < -0.4 is 10.2 Å². The summed E-state index contributed by atoms with van der Waals surface area (Å²) in [5.41, 5.74) is 1.83. The van der Waals surface area contributed by atoms with Gasteiger partial charge >= 0.3 is 0 Å². The fraction of sp³-hybridized carbons (Fsp3) is 0.360. The molecule has 0 radical (unpaired) electrons. The third kappa shape index (κ3) is 4.27. The second-order valence-electron chi connectivity index (χ2n) is 9.74. The van der Waals surface area contributed by atoms with Crippen LogP contribution in [0.3, 0.4) is 0 Å². The van der Waals surface area contributed by atoms with Crippen molar-refractivity contribution >= 4 is 27.4 Å². The lowest BCUT2D eigenvalue weighted by Gasteiger charge is -2.34. The predicted octanol–water partition coefficient (Wildman–Crippen LogP) is 2.99. The molecule has 0 bridgehead atoms. The summed E-state index contributed by atoms with van der Waals surface area (Å²) in [5.74, 6) is -0.541. The molecule has 2 N–H and O–H groups in total. The highest BCUT2D eigenvalue weighted by molar-refractivity contribution is 7.89. The fourth-order valence-corrected chi connectivity index (χ4v) is 6.51. The SMILES string of the molecule is CN1CCN(c2ccc(C(=O)Nc3n[nH]c4c3CN(S(=O)(=O)c3ccc(F)cc3)C4(C)C)cc2)CC1. The molecule has 1 aromatic heterocycles. The summed E-state index contributed by atoms with van der Waals surface area (Å²) in [5, 5.41) is 9.99. The average molecular weight is 513 g/mol. The number of carbonyl (C=O) groups is 1. The number of aromatic nitrogens is 2. The van der Waals surface area contributed by atoms with Crippen molar-refractivity contribution in [1.29, 1.82) is 0 Å². The Labute approximate surface area is 209 Å². The first-order valence-corrected chi connectivity index (χ1v) is 13.2. The van der Waals surface area contributed by atoms with E-state index in [0.29, 0.717) is 22.6 Å². The van der Waals surface area contributed by atoms with Gasteiger partial charge in [0.2, 0.25) is 10.0 Å². The Hall–Kier alpha value is -3.28. The van der Waals surface area contributed by atoms with Crippen LogP contribution in [0.1, 0.15) is 35.5 Å². The van der Waals surface area contributed by atoms with Crippen LogP contribution in [0.25, 0.3) is 0 Å². The second kappa shape index (κ2) is 8.99. The van der Waals surface area contributed by atoms with E-state index in [1.54, 1.807) is 26.0 Å². The first-order chi connectivity index (χ1) is 17.1. The lowest BCUT2D eigenvalue weighted by molar-refractivity contribution is 0.102. The summed E-state index contributed by atoms with van der Waals surface area (Å²) in [6.45, 7) is 7.43. The second-order valence-corrected chi connectivity index (χ2v) is 11.6. The van der Waals surface area contributed by atoms with Gasteiger partial charge < -0.3 is 15.1 Å². The van der Waals surface area contributed by atoms with Gasteiger partial charge in [0.15, 0.2) is 5.82 Å². The van der Waals surface area contributed by atoms with Gasteiger partial charge in [0.05, 0.1) is 16.1 Å². The highest BCUT2D eigenvalue weighted by Crippen LogP contribution is 2.43. The van der Waals surface area contributed by atoms with Crippen LogP contribution in [0.4, 0.5) is 15.9 Å². The van der Waals surface area contributed by atoms with Crippen LogP contribution in [0.2, 0.25) is 0 Å². The number of nitrogens with zero attached hydrogens (tertiary/aromatic N) is 4.